The average Bonchev–Trinajstić information content (AvgIpc) is 2.86. The molecule has 0 fully saturated rings. The van der Waals surface area contributed by atoms with Crippen LogP contribution in [0.4, 0.5) is 0 Å². The first kappa shape index (κ1) is 31.6. The van der Waals surface area contributed by atoms with E-state index in [-0.39, 0.29) is 49.4 Å². The monoisotopic (exact) mass is 535 g/mol. The Kier molecular flexibility index (Phi) is 13.4. The molecule has 0 radical (unpaired) electrons. The first-order valence-corrected chi connectivity index (χ1v) is 11.7. The first-order valence-electron chi connectivity index (χ1n) is 11.7. The summed E-state index contributed by atoms with van der Waals surface area (Å²) in [5.41, 5.74) is 1.07. The molecule has 2 aromatic carbocycles. The number of ether oxygens (including phenoxy) is 4. The number of benzene rings is 2. The fraction of sp³-hybridized carbons (Fsp3) is 0.407. The van der Waals surface area contributed by atoms with Gasteiger partial charge in [0.15, 0.2) is 11.5 Å². The Hall–Kier alpha value is -3.43. The van der Waals surface area contributed by atoms with Crippen LogP contribution in [0, 0.1) is 11.8 Å². The van der Waals surface area contributed by atoms with E-state index in [2.05, 4.69) is 5.32 Å². The Balaban J connectivity index is 0.00000684. The van der Waals surface area contributed by atoms with Crippen LogP contribution < -0.4 is 14.8 Å². The van der Waals surface area contributed by atoms with Crippen LogP contribution in [-0.2, 0) is 30.3 Å². The largest absolute Gasteiger partial charge is 0.468 e. The topological polar surface area (TPSA) is 117 Å². The van der Waals surface area contributed by atoms with E-state index in [1.54, 1.807) is 70.2 Å². The standard InChI is InChI=1S/C27H33NO8.ClH/c1-17(2)24(29)35-22-12-11-19(16-23(22)36-25(30)18(3)4)15-21(27(32)33-5)28-13-14-34-26(31)20-9-7-6-8-10-20;/h6-12,16-18,21,28H,13-15H2,1-5H3;1H/t21-;/m0./s1. The van der Waals surface area contributed by atoms with Gasteiger partial charge in [-0.3, -0.25) is 14.4 Å². The van der Waals surface area contributed by atoms with Crippen molar-refractivity contribution in [3.05, 3.63) is 59.7 Å². The van der Waals surface area contributed by atoms with Crippen molar-refractivity contribution in [3.63, 3.8) is 0 Å². The Labute approximate surface area is 223 Å². The third-order valence-electron chi connectivity index (χ3n) is 5.03. The van der Waals surface area contributed by atoms with Gasteiger partial charge in [0.25, 0.3) is 0 Å². The summed E-state index contributed by atoms with van der Waals surface area (Å²) in [6.07, 6.45) is 0.184. The van der Waals surface area contributed by atoms with Crippen molar-refractivity contribution in [2.45, 2.75) is 40.2 Å². The number of carbonyl (C=O) groups is 4. The SMILES string of the molecule is COC(=O)[C@H](Cc1ccc(OC(=O)C(C)C)c(OC(=O)C(C)C)c1)NCCOC(=O)c1ccccc1.Cl. The van der Waals surface area contributed by atoms with E-state index < -0.39 is 35.8 Å². The van der Waals surface area contributed by atoms with Crippen molar-refractivity contribution in [1.29, 1.82) is 0 Å². The van der Waals surface area contributed by atoms with Crippen LogP contribution in [-0.4, -0.2) is 50.2 Å². The highest BCUT2D eigenvalue weighted by molar-refractivity contribution is 5.89. The van der Waals surface area contributed by atoms with Crippen LogP contribution in [0.1, 0.15) is 43.6 Å². The fourth-order valence-corrected chi connectivity index (χ4v) is 2.95. The Morgan fingerprint density at radius 1 is 0.811 bits per heavy atom. The fourth-order valence-electron chi connectivity index (χ4n) is 2.95. The maximum Gasteiger partial charge on any atom is 0.338 e. The van der Waals surface area contributed by atoms with E-state index in [0.29, 0.717) is 11.1 Å². The molecule has 0 saturated carbocycles. The summed E-state index contributed by atoms with van der Waals surface area (Å²) in [5, 5.41) is 3.02. The van der Waals surface area contributed by atoms with E-state index in [1.165, 1.54) is 13.2 Å². The lowest BCUT2D eigenvalue weighted by Crippen LogP contribution is -2.41. The maximum absolute atomic E-state index is 12.4. The van der Waals surface area contributed by atoms with Crippen LogP contribution in [0.15, 0.2) is 48.5 Å². The quantitative estimate of drug-likeness (QED) is 0.246. The summed E-state index contributed by atoms with van der Waals surface area (Å²) < 4.78 is 21.0. The molecule has 0 spiro atoms. The summed E-state index contributed by atoms with van der Waals surface area (Å²) in [5.74, 6) is -2.51. The second-order valence-corrected chi connectivity index (χ2v) is 8.67. The molecule has 10 heteroatoms. The average molecular weight is 536 g/mol. The van der Waals surface area contributed by atoms with E-state index in [9.17, 15) is 19.2 Å². The van der Waals surface area contributed by atoms with Crippen molar-refractivity contribution in [3.8, 4) is 11.5 Å². The minimum Gasteiger partial charge on any atom is -0.468 e. The molecule has 2 rings (SSSR count). The number of nitrogens with one attached hydrogen (secondary N) is 1. The highest BCUT2D eigenvalue weighted by atomic mass is 35.5. The number of methoxy groups -OCH3 is 1. The van der Waals surface area contributed by atoms with E-state index in [4.69, 9.17) is 18.9 Å². The summed E-state index contributed by atoms with van der Waals surface area (Å²) in [6.45, 7) is 7.02. The zero-order chi connectivity index (χ0) is 26.7. The van der Waals surface area contributed by atoms with Crippen LogP contribution in [0.25, 0.3) is 0 Å². The molecule has 1 N–H and O–H groups in total. The van der Waals surface area contributed by atoms with Gasteiger partial charge < -0.3 is 24.3 Å². The van der Waals surface area contributed by atoms with E-state index >= 15 is 0 Å². The summed E-state index contributed by atoms with van der Waals surface area (Å²) in [4.78, 5) is 48.7. The Morgan fingerprint density at radius 3 is 1.97 bits per heavy atom. The molecule has 0 aliphatic heterocycles. The lowest BCUT2D eigenvalue weighted by Gasteiger charge is -2.18. The van der Waals surface area contributed by atoms with Crippen LogP contribution >= 0.6 is 12.4 Å². The van der Waals surface area contributed by atoms with Gasteiger partial charge in [0.05, 0.1) is 24.5 Å². The summed E-state index contributed by atoms with van der Waals surface area (Å²) in [6, 6.07) is 12.6. The Bertz CT molecular complexity index is 1060. The molecule has 37 heavy (non-hydrogen) atoms. The molecule has 202 valence electrons. The van der Waals surface area contributed by atoms with E-state index in [1.807, 2.05) is 0 Å². The molecule has 0 saturated heterocycles. The zero-order valence-corrected chi connectivity index (χ0v) is 22.5. The minimum absolute atomic E-state index is 0. The van der Waals surface area contributed by atoms with Crippen molar-refractivity contribution < 1.29 is 38.1 Å². The number of hydrogen-bond acceptors (Lipinski definition) is 9. The number of rotatable bonds is 12. The zero-order valence-electron chi connectivity index (χ0n) is 21.6. The highest BCUT2D eigenvalue weighted by Gasteiger charge is 2.22. The maximum atomic E-state index is 12.4. The van der Waals surface area contributed by atoms with Crippen molar-refractivity contribution in [2.75, 3.05) is 20.3 Å². The molecule has 0 heterocycles. The minimum atomic E-state index is -0.761. The predicted molar refractivity (Wildman–Crippen MR) is 139 cm³/mol. The molecule has 2 aromatic rings. The predicted octanol–water partition coefficient (Wildman–Crippen LogP) is 3.76. The molecule has 0 amide bonds. The van der Waals surface area contributed by atoms with Crippen molar-refractivity contribution in [2.24, 2.45) is 11.8 Å². The molecule has 1 atom stereocenters. The molecular formula is C27H34ClNO8. The second kappa shape index (κ2) is 15.6. The van der Waals surface area contributed by atoms with Gasteiger partial charge in [-0.1, -0.05) is 52.0 Å². The molecule has 0 aliphatic carbocycles. The van der Waals surface area contributed by atoms with Gasteiger partial charge in [0.1, 0.15) is 12.6 Å². The lowest BCUT2D eigenvalue weighted by atomic mass is 10.0. The summed E-state index contributed by atoms with van der Waals surface area (Å²) >= 11 is 0. The number of esters is 4. The van der Waals surface area contributed by atoms with Gasteiger partial charge in [-0.15, -0.1) is 12.4 Å². The van der Waals surface area contributed by atoms with Gasteiger partial charge in [-0.05, 0) is 36.2 Å². The summed E-state index contributed by atoms with van der Waals surface area (Å²) in [7, 11) is 1.27. The molecule has 0 aromatic heterocycles. The molecule has 0 aliphatic rings. The molecule has 0 unspecified atom stereocenters. The lowest BCUT2D eigenvalue weighted by molar-refractivity contribution is -0.143. The third-order valence-corrected chi connectivity index (χ3v) is 5.03. The number of carbonyl (C=O) groups excluding carboxylic acids is 4. The van der Waals surface area contributed by atoms with Crippen LogP contribution in [0.2, 0.25) is 0 Å². The molecule has 0 bridgehead atoms. The molecular weight excluding hydrogens is 502 g/mol. The van der Waals surface area contributed by atoms with Gasteiger partial charge in [-0.25, -0.2) is 4.79 Å². The number of halogens is 1. The second-order valence-electron chi connectivity index (χ2n) is 8.67. The van der Waals surface area contributed by atoms with Gasteiger partial charge in [0, 0.05) is 6.54 Å². The highest BCUT2D eigenvalue weighted by Crippen LogP contribution is 2.30. The van der Waals surface area contributed by atoms with Crippen molar-refractivity contribution in [1.82, 2.24) is 5.32 Å². The van der Waals surface area contributed by atoms with E-state index in [0.717, 1.165) is 0 Å². The van der Waals surface area contributed by atoms with Crippen LogP contribution in [0.3, 0.4) is 0 Å². The van der Waals surface area contributed by atoms with Gasteiger partial charge in [-0.2, -0.15) is 0 Å². The molecule has 9 nitrogen and oxygen atoms in total. The van der Waals surface area contributed by atoms with Gasteiger partial charge in [0.2, 0.25) is 0 Å². The van der Waals surface area contributed by atoms with Crippen molar-refractivity contribution >= 4 is 36.3 Å². The normalized spacial score (nSPS) is 11.3. The smallest absolute Gasteiger partial charge is 0.338 e. The Morgan fingerprint density at radius 2 is 1.41 bits per heavy atom. The third kappa shape index (κ3) is 10.2. The van der Waals surface area contributed by atoms with Gasteiger partial charge >= 0.3 is 23.9 Å². The number of hydrogen-bond donors (Lipinski definition) is 1. The van der Waals surface area contributed by atoms with Crippen LogP contribution in [0.5, 0.6) is 11.5 Å². The first-order chi connectivity index (χ1) is 17.1.